The number of benzene rings is 2. The number of H-pyrrole nitrogens is 1. The third kappa shape index (κ3) is 6.32. The number of aromatic amines is 1. The van der Waals surface area contributed by atoms with E-state index >= 15 is 0 Å². The first-order valence-corrected chi connectivity index (χ1v) is 16.0. The Hall–Kier alpha value is -4.27. The van der Waals surface area contributed by atoms with Gasteiger partial charge in [-0.2, -0.15) is 0 Å². The highest BCUT2D eigenvalue weighted by Gasteiger charge is 2.33. The highest BCUT2D eigenvalue weighted by atomic mass is 16.5. The smallest absolute Gasteiger partial charge is 0.342 e. The molecule has 0 radical (unpaired) electrons. The lowest BCUT2D eigenvalue weighted by atomic mass is 9.75. The van der Waals surface area contributed by atoms with Gasteiger partial charge in [0.2, 0.25) is 5.91 Å². The van der Waals surface area contributed by atoms with E-state index in [2.05, 4.69) is 17.1 Å². The van der Waals surface area contributed by atoms with Crippen LogP contribution in [0.25, 0.3) is 22.5 Å². The molecule has 9 nitrogen and oxygen atoms in total. The van der Waals surface area contributed by atoms with Gasteiger partial charge in [0.1, 0.15) is 5.82 Å². The summed E-state index contributed by atoms with van der Waals surface area (Å²) in [4.78, 5) is 48.6. The number of piperidine rings is 1. The number of aryl methyl sites for hydroxylation is 2. The summed E-state index contributed by atoms with van der Waals surface area (Å²) < 4.78 is 6.49. The van der Waals surface area contributed by atoms with Crippen molar-refractivity contribution >= 4 is 5.91 Å². The number of rotatable bonds is 9. The van der Waals surface area contributed by atoms with Gasteiger partial charge in [0.05, 0.1) is 13.0 Å². The van der Waals surface area contributed by atoms with E-state index in [1.54, 1.807) is 4.57 Å². The third-order valence-electron chi connectivity index (χ3n) is 9.50. The Kier molecular flexibility index (Phi) is 8.91. The van der Waals surface area contributed by atoms with Crippen molar-refractivity contribution in [2.75, 3.05) is 13.1 Å². The van der Waals surface area contributed by atoms with Crippen LogP contribution in [-0.2, 0) is 24.2 Å². The third-order valence-corrected chi connectivity index (χ3v) is 9.50. The molecule has 1 saturated carbocycles. The van der Waals surface area contributed by atoms with Gasteiger partial charge in [-0.15, -0.1) is 0 Å². The molecule has 4 aromatic rings. The lowest BCUT2D eigenvalue weighted by molar-refractivity contribution is -0.133. The molecule has 9 heteroatoms. The van der Waals surface area contributed by atoms with Crippen LogP contribution in [0.3, 0.4) is 0 Å². The van der Waals surface area contributed by atoms with Crippen molar-refractivity contribution in [3.63, 3.8) is 0 Å². The molecule has 230 valence electrons. The predicted octanol–water partition coefficient (Wildman–Crippen LogP) is 5.53. The molecule has 2 unspecified atom stereocenters. The molecule has 3 heterocycles. The summed E-state index contributed by atoms with van der Waals surface area (Å²) in [5.41, 5.74) is 4.62. The Morgan fingerprint density at radius 3 is 2.48 bits per heavy atom. The number of carbonyl (C=O) groups is 1. The molecule has 1 saturated heterocycles. The van der Waals surface area contributed by atoms with Crippen LogP contribution in [-0.4, -0.2) is 43.6 Å². The van der Waals surface area contributed by atoms with Crippen LogP contribution in [0.4, 0.5) is 0 Å². The molecule has 2 atom stereocenters. The molecule has 2 aromatic carbocycles. The second kappa shape index (κ2) is 13.2. The summed E-state index contributed by atoms with van der Waals surface area (Å²) in [6.07, 6.45) is 8.87. The van der Waals surface area contributed by atoms with E-state index < -0.39 is 5.76 Å². The SMILES string of the molecule is CCCCc1nc(C)c(CC(=O)N2CCC3CCCCC3C2)c(=O)n1Cc1ccc(-c2ccccc2-c2noc(=O)[nH]2)cc1. The average molecular weight is 596 g/mol. The van der Waals surface area contributed by atoms with Crippen molar-refractivity contribution in [1.82, 2.24) is 24.6 Å². The number of hydrogen-bond acceptors (Lipinski definition) is 6. The van der Waals surface area contributed by atoms with Gasteiger partial charge in [-0.05, 0) is 54.7 Å². The van der Waals surface area contributed by atoms with Crippen LogP contribution < -0.4 is 11.3 Å². The fraction of sp³-hybridized carbons (Fsp3) is 0.457. The van der Waals surface area contributed by atoms with Crippen LogP contribution >= 0.6 is 0 Å². The minimum atomic E-state index is -0.601. The van der Waals surface area contributed by atoms with Gasteiger partial charge >= 0.3 is 5.76 Å². The molecule has 44 heavy (non-hydrogen) atoms. The maximum atomic E-state index is 14.0. The number of fused-ring (bicyclic) bond motifs is 1. The van der Waals surface area contributed by atoms with E-state index in [4.69, 9.17) is 9.51 Å². The number of unbranched alkanes of at least 4 members (excludes halogenated alkanes) is 1. The minimum Gasteiger partial charge on any atom is -0.342 e. The van der Waals surface area contributed by atoms with Crippen molar-refractivity contribution in [3.8, 4) is 22.5 Å². The molecule has 1 amide bonds. The molecule has 2 fully saturated rings. The molecule has 0 spiro atoms. The molecule has 2 aromatic heterocycles. The van der Waals surface area contributed by atoms with Crippen molar-refractivity contribution in [3.05, 3.63) is 92.1 Å². The van der Waals surface area contributed by atoms with Gasteiger partial charge in [0, 0.05) is 36.3 Å². The van der Waals surface area contributed by atoms with Crippen LogP contribution in [0.2, 0.25) is 0 Å². The standard InChI is InChI=1S/C35H41N5O4/c1-3-4-13-31-36-23(2)30(20-32(41)39-19-18-25-9-5-6-10-27(25)22-39)34(42)40(31)21-24-14-16-26(17-15-24)28-11-7-8-12-29(28)33-37-35(43)44-38-33/h7-8,11-12,14-17,25,27H,3-6,9-10,13,18-22H2,1-2H3,(H,37,38,43). The Labute approximate surface area is 257 Å². The van der Waals surface area contributed by atoms with E-state index in [9.17, 15) is 14.4 Å². The van der Waals surface area contributed by atoms with Gasteiger partial charge in [0.25, 0.3) is 5.56 Å². The van der Waals surface area contributed by atoms with Gasteiger partial charge in [0.15, 0.2) is 5.82 Å². The lowest BCUT2D eigenvalue weighted by Gasteiger charge is -2.41. The van der Waals surface area contributed by atoms with Crippen LogP contribution in [0, 0.1) is 18.8 Å². The first kappa shape index (κ1) is 29.8. The van der Waals surface area contributed by atoms with Crippen molar-refractivity contribution in [1.29, 1.82) is 0 Å². The van der Waals surface area contributed by atoms with Gasteiger partial charge in [-0.3, -0.25) is 23.7 Å². The van der Waals surface area contributed by atoms with Crippen molar-refractivity contribution < 1.29 is 9.32 Å². The summed E-state index contributed by atoms with van der Waals surface area (Å²) in [6, 6.07) is 15.7. The van der Waals surface area contributed by atoms with Crippen LogP contribution in [0.15, 0.2) is 62.6 Å². The maximum absolute atomic E-state index is 14.0. The molecule has 6 rings (SSSR count). The minimum absolute atomic E-state index is 0.0420. The number of likely N-dealkylation sites (tertiary alicyclic amines) is 1. The number of hydrogen-bond donors (Lipinski definition) is 1. The zero-order valence-corrected chi connectivity index (χ0v) is 25.7. The average Bonchev–Trinajstić information content (AvgIpc) is 3.49. The summed E-state index contributed by atoms with van der Waals surface area (Å²) in [5, 5.41) is 3.86. The van der Waals surface area contributed by atoms with E-state index in [1.807, 2.05) is 60.4 Å². The fourth-order valence-electron chi connectivity index (χ4n) is 7.00. The Bertz CT molecular complexity index is 1740. The van der Waals surface area contributed by atoms with Crippen molar-refractivity contribution in [2.45, 2.75) is 78.2 Å². The molecule has 2 aliphatic rings. The number of nitrogens with one attached hydrogen (secondary N) is 1. The summed E-state index contributed by atoms with van der Waals surface area (Å²) in [5.74, 6) is 1.92. The first-order valence-electron chi connectivity index (χ1n) is 16.0. The topological polar surface area (TPSA) is 114 Å². The van der Waals surface area contributed by atoms with E-state index in [1.165, 1.54) is 25.7 Å². The summed E-state index contributed by atoms with van der Waals surface area (Å²) in [7, 11) is 0. The predicted molar refractivity (Wildman–Crippen MR) is 169 cm³/mol. The van der Waals surface area contributed by atoms with E-state index in [0.717, 1.165) is 66.3 Å². The molecule has 1 aliphatic heterocycles. The molecular formula is C35H41N5O4. The highest BCUT2D eigenvalue weighted by Crippen LogP contribution is 2.36. The zero-order valence-electron chi connectivity index (χ0n) is 25.7. The van der Waals surface area contributed by atoms with Crippen LogP contribution in [0.1, 0.15) is 74.5 Å². The largest absolute Gasteiger partial charge is 0.439 e. The second-order valence-electron chi connectivity index (χ2n) is 12.4. The van der Waals surface area contributed by atoms with Gasteiger partial charge < -0.3 is 4.90 Å². The second-order valence-corrected chi connectivity index (χ2v) is 12.4. The monoisotopic (exact) mass is 595 g/mol. The van der Waals surface area contributed by atoms with Gasteiger partial charge in [-0.25, -0.2) is 9.78 Å². The molecule has 1 N–H and O–H groups in total. The fourth-order valence-corrected chi connectivity index (χ4v) is 7.00. The quantitative estimate of drug-likeness (QED) is 0.272. The normalized spacial score (nSPS) is 18.3. The summed E-state index contributed by atoms with van der Waals surface area (Å²) >= 11 is 0. The first-order chi connectivity index (χ1) is 21.4. The zero-order chi connectivity index (χ0) is 30.6. The number of aromatic nitrogens is 4. The Morgan fingerprint density at radius 1 is 1.00 bits per heavy atom. The van der Waals surface area contributed by atoms with E-state index in [0.29, 0.717) is 36.0 Å². The number of amides is 1. The Balaban J connectivity index is 1.25. The maximum Gasteiger partial charge on any atom is 0.439 e. The Morgan fingerprint density at radius 2 is 1.75 bits per heavy atom. The lowest BCUT2D eigenvalue weighted by Crippen LogP contribution is -2.46. The molecular weight excluding hydrogens is 554 g/mol. The van der Waals surface area contributed by atoms with Crippen LogP contribution in [0.5, 0.6) is 0 Å². The molecule has 1 aliphatic carbocycles. The van der Waals surface area contributed by atoms with Crippen molar-refractivity contribution in [2.24, 2.45) is 11.8 Å². The molecule has 0 bridgehead atoms. The number of nitrogens with zero attached hydrogens (tertiary/aromatic N) is 4. The highest BCUT2D eigenvalue weighted by molar-refractivity contribution is 5.80. The number of carbonyl (C=O) groups excluding carboxylic acids is 1. The van der Waals surface area contributed by atoms with Gasteiger partial charge in [-0.1, -0.05) is 86.3 Å². The summed E-state index contributed by atoms with van der Waals surface area (Å²) in [6.45, 7) is 5.98. The van der Waals surface area contributed by atoms with E-state index in [-0.39, 0.29) is 17.9 Å².